The van der Waals surface area contributed by atoms with Crippen molar-refractivity contribution >= 4 is 17.6 Å². The maximum atomic E-state index is 12.5. The van der Waals surface area contributed by atoms with Gasteiger partial charge in [-0.15, -0.1) is 5.10 Å². The number of nitro groups is 1. The number of amides is 1. The Kier molecular flexibility index (Phi) is 3.95. The Labute approximate surface area is 141 Å². The molecule has 1 unspecified atom stereocenters. The van der Waals surface area contributed by atoms with Crippen molar-refractivity contribution in [3.8, 4) is 5.69 Å². The molecular weight excluding hydrogens is 330 g/mol. The van der Waals surface area contributed by atoms with Crippen molar-refractivity contribution < 1.29 is 19.6 Å². The molecular formula is C15H15N5O5. The van der Waals surface area contributed by atoms with Gasteiger partial charge in [0.25, 0.3) is 11.6 Å². The second-order valence-electron chi connectivity index (χ2n) is 6.17. The summed E-state index contributed by atoms with van der Waals surface area (Å²) in [6.07, 6.45) is 1.74. The standard InChI is InChI=1S/C15H15N5O5/c1-15(14(22)23)5-6-18(9-15)13(21)12-8-19(17-16-12)10-3-2-4-11(7-10)20(24)25/h2-4,7-8H,5-6,9H2,1H3,(H,22,23). The molecule has 2 aromatic rings. The average Bonchev–Trinajstić information content (AvgIpc) is 3.22. The van der Waals surface area contributed by atoms with E-state index in [4.69, 9.17) is 0 Å². The zero-order valence-corrected chi connectivity index (χ0v) is 13.3. The molecule has 1 N–H and O–H groups in total. The van der Waals surface area contributed by atoms with Crippen LogP contribution in [0.25, 0.3) is 5.69 Å². The van der Waals surface area contributed by atoms with Gasteiger partial charge in [-0.3, -0.25) is 19.7 Å². The fraction of sp³-hybridized carbons (Fsp3) is 0.333. The second-order valence-corrected chi connectivity index (χ2v) is 6.17. The number of carbonyl (C=O) groups is 2. The Morgan fingerprint density at radius 1 is 1.40 bits per heavy atom. The van der Waals surface area contributed by atoms with E-state index in [1.807, 2.05) is 0 Å². The summed E-state index contributed by atoms with van der Waals surface area (Å²) in [5.74, 6) is -1.36. The van der Waals surface area contributed by atoms with Crippen LogP contribution in [-0.4, -0.2) is 54.9 Å². The number of rotatable bonds is 4. The number of benzene rings is 1. The van der Waals surface area contributed by atoms with Gasteiger partial charge in [0, 0.05) is 25.2 Å². The molecule has 130 valence electrons. The molecule has 0 bridgehead atoms. The van der Waals surface area contributed by atoms with Crippen LogP contribution in [0, 0.1) is 15.5 Å². The van der Waals surface area contributed by atoms with Crippen LogP contribution in [0.15, 0.2) is 30.5 Å². The molecule has 0 saturated carbocycles. The van der Waals surface area contributed by atoms with Gasteiger partial charge >= 0.3 is 5.97 Å². The lowest BCUT2D eigenvalue weighted by Crippen LogP contribution is -2.35. The van der Waals surface area contributed by atoms with E-state index in [2.05, 4.69) is 10.3 Å². The molecule has 1 saturated heterocycles. The highest BCUT2D eigenvalue weighted by molar-refractivity contribution is 5.93. The molecule has 0 radical (unpaired) electrons. The zero-order valence-electron chi connectivity index (χ0n) is 13.3. The van der Waals surface area contributed by atoms with Crippen LogP contribution in [0.3, 0.4) is 0 Å². The van der Waals surface area contributed by atoms with E-state index in [1.54, 1.807) is 13.0 Å². The molecule has 1 aliphatic heterocycles. The Morgan fingerprint density at radius 2 is 2.16 bits per heavy atom. The number of aromatic nitrogens is 3. The molecule has 1 aromatic heterocycles. The van der Waals surface area contributed by atoms with Gasteiger partial charge in [-0.05, 0) is 19.4 Å². The van der Waals surface area contributed by atoms with E-state index in [1.165, 1.54) is 34.0 Å². The molecule has 1 aromatic carbocycles. The van der Waals surface area contributed by atoms with Gasteiger partial charge in [0.2, 0.25) is 0 Å². The smallest absolute Gasteiger partial charge is 0.311 e. The number of carboxylic acids is 1. The molecule has 1 amide bonds. The van der Waals surface area contributed by atoms with Crippen molar-refractivity contribution in [2.24, 2.45) is 5.41 Å². The summed E-state index contributed by atoms with van der Waals surface area (Å²) in [5, 5.41) is 27.7. The van der Waals surface area contributed by atoms with Crippen LogP contribution in [0.2, 0.25) is 0 Å². The third-order valence-corrected chi connectivity index (χ3v) is 4.29. The van der Waals surface area contributed by atoms with Crippen LogP contribution in [0.5, 0.6) is 0 Å². The number of hydrogen-bond donors (Lipinski definition) is 1. The van der Waals surface area contributed by atoms with Crippen molar-refractivity contribution in [3.05, 3.63) is 46.3 Å². The molecule has 1 atom stereocenters. The first-order chi connectivity index (χ1) is 11.8. The summed E-state index contributed by atoms with van der Waals surface area (Å²) in [6.45, 7) is 2.03. The normalized spacial score (nSPS) is 19.8. The second kappa shape index (κ2) is 5.96. The van der Waals surface area contributed by atoms with Crippen molar-refractivity contribution in [1.82, 2.24) is 19.9 Å². The highest BCUT2D eigenvalue weighted by atomic mass is 16.6. The quantitative estimate of drug-likeness (QED) is 0.648. The Morgan fingerprint density at radius 3 is 2.80 bits per heavy atom. The van der Waals surface area contributed by atoms with Crippen molar-refractivity contribution in [1.29, 1.82) is 0 Å². The minimum atomic E-state index is -0.967. The van der Waals surface area contributed by atoms with Crippen molar-refractivity contribution in [3.63, 3.8) is 0 Å². The molecule has 0 spiro atoms. The summed E-state index contributed by atoms with van der Waals surface area (Å²) in [5.41, 5.74) is -0.609. The zero-order chi connectivity index (χ0) is 18.2. The Balaban J connectivity index is 1.80. The summed E-state index contributed by atoms with van der Waals surface area (Å²) in [7, 11) is 0. The van der Waals surface area contributed by atoms with Gasteiger partial charge in [0.05, 0.1) is 22.2 Å². The summed E-state index contributed by atoms with van der Waals surface area (Å²) < 4.78 is 1.27. The van der Waals surface area contributed by atoms with Crippen LogP contribution in [0.1, 0.15) is 23.8 Å². The minimum absolute atomic E-state index is 0.0566. The van der Waals surface area contributed by atoms with Crippen LogP contribution in [0.4, 0.5) is 5.69 Å². The molecule has 1 fully saturated rings. The van der Waals surface area contributed by atoms with Gasteiger partial charge in [-0.2, -0.15) is 0 Å². The molecule has 25 heavy (non-hydrogen) atoms. The van der Waals surface area contributed by atoms with E-state index >= 15 is 0 Å². The molecule has 10 nitrogen and oxygen atoms in total. The maximum Gasteiger partial charge on any atom is 0.311 e. The first-order valence-electron chi connectivity index (χ1n) is 7.50. The van der Waals surface area contributed by atoms with Gasteiger partial charge in [-0.1, -0.05) is 11.3 Å². The molecule has 2 heterocycles. The maximum absolute atomic E-state index is 12.5. The van der Waals surface area contributed by atoms with Crippen molar-refractivity contribution in [2.45, 2.75) is 13.3 Å². The number of non-ortho nitro benzene ring substituents is 1. The van der Waals surface area contributed by atoms with Crippen molar-refractivity contribution in [2.75, 3.05) is 13.1 Å². The molecule has 1 aliphatic rings. The first-order valence-corrected chi connectivity index (χ1v) is 7.50. The number of nitrogens with zero attached hydrogens (tertiary/aromatic N) is 5. The Hall–Kier alpha value is -3.30. The largest absolute Gasteiger partial charge is 0.481 e. The van der Waals surface area contributed by atoms with E-state index in [0.29, 0.717) is 18.7 Å². The SMILES string of the molecule is CC1(C(=O)O)CCN(C(=O)c2cn(-c3cccc([N+](=O)[O-])c3)nn2)C1. The van der Waals surface area contributed by atoms with Gasteiger partial charge < -0.3 is 10.0 Å². The summed E-state index contributed by atoms with van der Waals surface area (Å²) >= 11 is 0. The fourth-order valence-corrected chi connectivity index (χ4v) is 2.71. The predicted octanol–water partition coefficient (Wildman–Crippen LogP) is 1.11. The minimum Gasteiger partial charge on any atom is -0.481 e. The summed E-state index contributed by atoms with van der Waals surface area (Å²) in [4.78, 5) is 35.5. The Bertz CT molecular complexity index is 864. The number of likely N-dealkylation sites (tertiary alicyclic amines) is 1. The van der Waals surface area contributed by atoms with Crippen LogP contribution in [-0.2, 0) is 4.79 Å². The van der Waals surface area contributed by atoms with Gasteiger partial charge in [0.15, 0.2) is 5.69 Å². The third kappa shape index (κ3) is 3.05. The monoisotopic (exact) mass is 345 g/mol. The summed E-state index contributed by atoms with van der Waals surface area (Å²) in [6, 6.07) is 5.78. The van der Waals surface area contributed by atoms with Crippen LogP contribution < -0.4 is 0 Å². The number of aliphatic carboxylic acids is 1. The van der Waals surface area contributed by atoms with E-state index in [9.17, 15) is 24.8 Å². The average molecular weight is 345 g/mol. The number of carboxylic acid groups (broad SMARTS) is 1. The fourth-order valence-electron chi connectivity index (χ4n) is 2.71. The van der Waals surface area contributed by atoms with E-state index in [0.717, 1.165) is 0 Å². The lowest BCUT2D eigenvalue weighted by molar-refractivity contribution is -0.384. The predicted molar refractivity (Wildman–Crippen MR) is 84.3 cm³/mol. The van der Waals surface area contributed by atoms with E-state index < -0.39 is 22.2 Å². The van der Waals surface area contributed by atoms with E-state index in [-0.39, 0.29) is 17.9 Å². The number of hydrogen-bond acceptors (Lipinski definition) is 6. The number of nitro benzene ring substituents is 1. The van der Waals surface area contributed by atoms with Gasteiger partial charge in [0.1, 0.15) is 0 Å². The molecule has 10 heteroatoms. The van der Waals surface area contributed by atoms with Gasteiger partial charge in [-0.25, -0.2) is 4.68 Å². The highest BCUT2D eigenvalue weighted by Crippen LogP contribution is 2.30. The molecule has 3 rings (SSSR count). The lowest BCUT2D eigenvalue weighted by atomic mass is 9.90. The molecule has 0 aliphatic carbocycles. The topological polar surface area (TPSA) is 131 Å². The number of carbonyl (C=O) groups excluding carboxylic acids is 1. The third-order valence-electron chi connectivity index (χ3n) is 4.29. The first kappa shape index (κ1) is 16.6. The lowest BCUT2D eigenvalue weighted by Gasteiger charge is -2.19. The van der Waals surface area contributed by atoms with Crippen LogP contribution >= 0.6 is 0 Å². The highest BCUT2D eigenvalue weighted by Gasteiger charge is 2.42.